The minimum atomic E-state index is -4.59. The first kappa shape index (κ1) is 28.4. The second kappa shape index (κ2) is 11.8. The number of nitrogens with zero attached hydrogens (tertiary/aromatic N) is 5. The van der Waals surface area contributed by atoms with E-state index in [0.717, 1.165) is 32.2 Å². The van der Waals surface area contributed by atoms with E-state index in [4.69, 9.17) is 11.6 Å². The van der Waals surface area contributed by atoms with E-state index in [1.165, 1.54) is 12.3 Å². The first-order valence-electron chi connectivity index (χ1n) is 13.2. The second-order valence-electron chi connectivity index (χ2n) is 10.3. The quantitative estimate of drug-likeness (QED) is 0.459. The number of amides is 1. The lowest BCUT2D eigenvalue weighted by molar-refractivity contribution is -0.137. The minimum absolute atomic E-state index is 0.0177. The minimum Gasteiger partial charge on any atom is -0.392 e. The van der Waals surface area contributed by atoms with Gasteiger partial charge < -0.3 is 25.1 Å². The maximum atomic E-state index is 14.3. The number of hydrogen-bond acceptors (Lipinski definition) is 7. The Balaban J connectivity index is 1.33. The van der Waals surface area contributed by atoms with Gasteiger partial charge >= 0.3 is 6.18 Å². The van der Waals surface area contributed by atoms with Crippen molar-refractivity contribution in [2.75, 3.05) is 76.2 Å². The molecule has 12 heteroatoms. The number of nitrogens with one attached hydrogen (secondary N) is 1. The summed E-state index contributed by atoms with van der Waals surface area (Å²) in [6.45, 7) is 4.85. The van der Waals surface area contributed by atoms with Crippen molar-refractivity contribution < 1.29 is 23.1 Å². The molecule has 0 aliphatic carbocycles. The number of rotatable bonds is 6. The second-order valence-corrected chi connectivity index (χ2v) is 10.7. The average Bonchev–Trinajstić information content (AvgIpc) is 2.94. The van der Waals surface area contributed by atoms with Crippen LogP contribution in [-0.4, -0.2) is 96.6 Å². The fourth-order valence-corrected chi connectivity index (χ4v) is 5.40. The van der Waals surface area contributed by atoms with E-state index in [0.29, 0.717) is 59.9 Å². The number of carbonyl (C=O) groups excluding carboxylic acids is 1. The number of halogens is 4. The summed E-state index contributed by atoms with van der Waals surface area (Å²) >= 11 is 6.16. The largest absolute Gasteiger partial charge is 0.418 e. The molecule has 0 radical (unpaired) electrons. The summed E-state index contributed by atoms with van der Waals surface area (Å²) in [7, 11) is 2.06. The van der Waals surface area contributed by atoms with E-state index in [9.17, 15) is 23.1 Å². The highest BCUT2D eigenvalue weighted by molar-refractivity contribution is 6.31. The summed E-state index contributed by atoms with van der Waals surface area (Å²) in [4.78, 5) is 24.9. The van der Waals surface area contributed by atoms with Crippen LogP contribution in [0.2, 0.25) is 5.02 Å². The van der Waals surface area contributed by atoms with Gasteiger partial charge in [0.1, 0.15) is 0 Å². The molecular weight excluding hydrogens is 545 g/mol. The zero-order chi connectivity index (χ0) is 28.4. The van der Waals surface area contributed by atoms with Crippen molar-refractivity contribution in [1.29, 1.82) is 0 Å². The first-order chi connectivity index (χ1) is 19.1. The zero-order valence-corrected chi connectivity index (χ0v) is 23.0. The van der Waals surface area contributed by atoms with E-state index in [-0.39, 0.29) is 23.9 Å². The van der Waals surface area contributed by atoms with Gasteiger partial charge in [-0.05, 0) is 43.4 Å². The summed E-state index contributed by atoms with van der Waals surface area (Å²) in [5.41, 5.74) is 1.01. The molecule has 40 heavy (non-hydrogen) atoms. The van der Waals surface area contributed by atoms with E-state index >= 15 is 0 Å². The number of carbonyl (C=O) groups is 1. The van der Waals surface area contributed by atoms with Crippen molar-refractivity contribution in [3.05, 3.63) is 58.7 Å². The molecule has 8 nitrogen and oxygen atoms in total. The third-order valence-corrected chi connectivity index (χ3v) is 7.81. The number of hydrogen-bond donors (Lipinski definition) is 2. The van der Waals surface area contributed by atoms with Crippen molar-refractivity contribution in [1.82, 2.24) is 19.7 Å². The molecule has 3 aromatic rings. The summed E-state index contributed by atoms with van der Waals surface area (Å²) < 4.78 is 42.8. The molecule has 5 rings (SSSR count). The van der Waals surface area contributed by atoms with Gasteiger partial charge in [-0.2, -0.15) is 13.2 Å². The van der Waals surface area contributed by atoms with E-state index in [2.05, 4.69) is 27.1 Å². The Hall–Kier alpha value is -3.12. The lowest BCUT2D eigenvalue weighted by atomic mass is 10.1. The van der Waals surface area contributed by atoms with Gasteiger partial charge in [-0.1, -0.05) is 11.6 Å². The van der Waals surface area contributed by atoms with Crippen LogP contribution in [0.3, 0.4) is 0 Å². The van der Waals surface area contributed by atoms with Gasteiger partial charge in [0.15, 0.2) is 0 Å². The molecule has 2 fully saturated rings. The first-order valence-corrected chi connectivity index (χ1v) is 13.6. The molecule has 2 saturated heterocycles. The molecule has 0 bridgehead atoms. The predicted octanol–water partition coefficient (Wildman–Crippen LogP) is 4.04. The topological polar surface area (TPSA) is 75.2 Å². The van der Waals surface area contributed by atoms with Crippen molar-refractivity contribution in [2.45, 2.75) is 12.8 Å². The Morgan fingerprint density at radius 2 is 1.75 bits per heavy atom. The third kappa shape index (κ3) is 6.27. The monoisotopic (exact) mass is 576 g/mol. The van der Waals surface area contributed by atoms with Crippen LogP contribution in [0, 0.1) is 0 Å². The van der Waals surface area contributed by atoms with Crippen molar-refractivity contribution in [2.24, 2.45) is 0 Å². The van der Waals surface area contributed by atoms with E-state index in [1.54, 1.807) is 34.1 Å². The highest BCUT2D eigenvalue weighted by atomic mass is 35.5. The van der Waals surface area contributed by atoms with E-state index in [1.807, 2.05) is 0 Å². The van der Waals surface area contributed by atoms with Crippen LogP contribution in [0.5, 0.6) is 0 Å². The molecule has 1 aromatic heterocycles. The molecular formula is C28H32ClF3N6O2. The molecule has 3 heterocycles. The van der Waals surface area contributed by atoms with Crippen LogP contribution < -0.4 is 10.2 Å². The molecule has 2 N–H and O–H groups in total. The fourth-order valence-electron chi connectivity index (χ4n) is 5.23. The van der Waals surface area contributed by atoms with Gasteiger partial charge in [0.25, 0.3) is 0 Å². The number of piperazine rings is 2. The Bertz CT molecular complexity index is 1370. The Kier molecular flexibility index (Phi) is 8.37. The molecule has 1 amide bonds. The normalized spacial score (nSPS) is 17.4. The number of likely N-dealkylation sites (N-methyl/N-ethyl adjacent to an activating group) is 1. The molecule has 0 unspecified atom stereocenters. The third-order valence-electron chi connectivity index (χ3n) is 7.58. The Morgan fingerprint density at radius 3 is 2.42 bits per heavy atom. The standard InChI is InChI=1S/C28H32ClF3N6O2/c1-35-6-8-36(9-7-35)17-26(40)38-12-10-37(11-13-38)25-5-3-21(15-23(25)28(30,31)32)34-27-19(18-39)16-33-24-4-2-20(29)14-22(24)27/h2-5,14-16,39H,6-13,17-18H2,1H3,(H,33,34). The van der Waals surface area contributed by atoms with Gasteiger partial charge in [-0.3, -0.25) is 14.7 Å². The maximum absolute atomic E-state index is 14.3. The van der Waals surface area contributed by atoms with Gasteiger partial charge in [0.2, 0.25) is 5.91 Å². The van der Waals surface area contributed by atoms with Crippen molar-refractivity contribution in [3.63, 3.8) is 0 Å². The van der Waals surface area contributed by atoms with Crippen LogP contribution in [0.25, 0.3) is 10.9 Å². The van der Waals surface area contributed by atoms with Crippen LogP contribution in [-0.2, 0) is 17.6 Å². The molecule has 0 atom stereocenters. The molecule has 0 saturated carbocycles. The Labute approximate surface area is 235 Å². The molecule has 0 spiro atoms. The summed E-state index contributed by atoms with van der Waals surface area (Å²) in [5.74, 6) is 0.0177. The number of pyridine rings is 1. The SMILES string of the molecule is CN1CCN(CC(=O)N2CCN(c3ccc(Nc4c(CO)cnc5ccc(Cl)cc45)cc3C(F)(F)F)CC2)CC1. The summed E-state index contributed by atoms with van der Waals surface area (Å²) in [6.07, 6.45) is -3.10. The van der Waals surface area contributed by atoms with Crippen molar-refractivity contribution in [3.8, 4) is 0 Å². The van der Waals surface area contributed by atoms with Gasteiger partial charge in [-0.15, -0.1) is 0 Å². The van der Waals surface area contributed by atoms with Crippen molar-refractivity contribution >= 4 is 45.5 Å². The number of benzene rings is 2. The lowest BCUT2D eigenvalue weighted by Crippen LogP contribution is -2.53. The smallest absolute Gasteiger partial charge is 0.392 e. The van der Waals surface area contributed by atoms with Gasteiger partial charge in [-0.25, -0.2) is 0 Å². The molecule has 2 aliphatic heterocycles. The number of fused-ring (bicyclic) bond motifs is 1. The highest BCUT2D eigenvalue weighted by Gasteiger charge is 2.36. The molecule has 2 aromatic carbocycles. The van der Waals surface area contributed by atoms with E-state index < -0.39 is 11.7 Å². The predicted molar refractivity (Wildman–Crippen MR) is 150 cm³/mol. The van der Waals surface area contributed by atoms with Gasteiger partial charge in [0, 0.05) is 85.9 Å². The van der Waals surface area contributed by atoms with Gasteiger partial charge in [0.05, 0.1) is 29.9 Å². The number of aliphatic hydroxyl groups is 1. The van der Waals surface area contributed by atoms with Crippen LogP contribution >= 0.6 is 11.6 Å². The highest BCUT2D eigenvalue weighted by Crippen LogP contribution is 2.40. The van der Waals surface area contributed by atoms with Crippen LogP contribution in [0.15, 0.2) is 42.6 Å². The molecule has 2 aliphatic rings. The fraction of sp³-hybridized carbons (Fsp3) is 0.429. The summed E-state index contributed by atoms with van der Waals surface area (Å²) in [6, 6.07) is 9.18. The average molecular weight is 577 g/mol. The Morgan fingerprint density at radius 1 is 1.02 bits per heavy atom. The van der Waals surface area contributed by atoms with Crippen LogP contribution in [0.4, 0.5) is 30.2 Å². The number of alkyl halides is 3. The number of aromatic nitrogens is 1. The lowest BCUT2D eigenvalue weighted by Gasteiger charge is -2.39. The zero-order valence-electron chi connectivity index (χ0n) is 22.2. The maximum Gasteiger partial charge on any atom is 0.418 e. The number of aliphatic hydroxyl groups excluding tert-OH is 1. The molecule has 214 valence electrons. The van der Waals surface area contributed by atoms with Crippen LogP contribution in [0.1, 0.15) is 11.1 Å². The number of anilines is 3. The summed E-state index contributed by atoms with van der Waals surface area (Å²) in [5, 5.41) is 14.0.